The first-order chi connectivity index (χ1) is 9.24. The topological polar surface area (TPSA) is 26.3 Å². The van der Waals surface area contributed by atoms with Crippen LogP contribution in [-0.2, 0) is 9.09 Å². The highest BCUT2D eigenvalue weighted by atomic mass is 31.2. The van der Waals surface area contributed by atoms with Gasteiger partial charge in [0.2, 0.25) is 0 Å². The molecule has 0 radical (unpaired) electrons. The van der Waals surface area contributed by atoms with Gasteiger partial charge in [0.1, 0.15) is 0 Å². The van der Waals surface area contributed by atoms with Crippen molar-refractivity contribution >= 4 is 18.7 Å². The van der Waals surface area contributed by atoms with Crippen molar-refractivity contribution in [2.45, 2.75) is 6.92 Å². The molecule has 0 amide bonds. The molecule has 2 aromatic carbocycles. The molecule has 0 spiro atoms. The molecule has 0 bridgehead atoms. The maximum Gasteiger partial charge on any atom is 0.254 e. The lowest BCUT2D eigenvalue weighted by molar-refractivity contribution is 0.347. The van der Waals surface area contributed by atoms with Crippen LogP contribution in [0.15, 0.2) is 66.5 Å². The monoisotopic (exact) mass is 272 g/mol. The Morgan fingerprint density at radius 1 is 1.00 bits per heavy atom. The Hall–Kier alpha value is -1.63. The first-order valence-corrected chi connectivity index (χ1v) is 7.98. The van der Waals surface area contributed by atoms with E-state index in [-0.39, 0.29) is 0 Å². The maximum atomic E-state index is 12.9. The van der Waals surface area contributed by atoms with Gasteiger partial charge in [-0.2, -0.15) is 0 Å². The maximum absolute atomic E-state index is 12.9. The lowest BCUT2D eigenvalue weighted by Gasteiger charge is -2.13. The zero-order valence-electron chi connectivity index (χ0n) is 10.9. The van der Waals surface area contributed by atoms with Crippen LogP contribution < -0.4 is 5.30 Å². The van der Waals surface area contributed by atoms with Crippen molar-refractivity contribution in [3.8, 4) is 0 Å². The normalized spacial score (nSPS) is 14.4. The molecular weight excluding hydrogens is 255 g/mol. The van der Waals surface area contributed by atoms with E-state index in [0.29, 0.717) is 6.61 Å². The summed E-state index contributed by atoms with van der Waals surface area (Å²) in [5.41, 5.74) is 1.01. The summed E-state index contributed by atoms with van der Waals surface area (Å²) in [5, 5.41) is 0.726. The molecule has 2 nitrogen and oxygen atoms in total. The molecule has 0 saturated carbocycles. The Morgan fingerprint density at radius 2 is 1.58 bits per heavy atom. The zero-order valence-corrected chi connectivity index (χ0v) is 11.8. The Kier molecular flexibility index (Phi) is 4.73. The molecule has 0 aliphatic heterocycles. The number of benzene rings is 2. The Labute approximate surface area is 114 Å². The Morgan fingerprint density at radius 3 is 2.16 bits per heavy atom. The summed E-state index contributed by atoms with van der Waals surface area (Å²) < 4.78 is 18.4. The summed E-state index contributed by atoms with van der Waals surface area (Å²) in [4.78, 5) is 0. The largest absolute Gasteiger partial charge is 0.323 e. The van der Waals surface area contributed by atoms with Crippen molar-refractivity contribution in [2.75, 3.05) is 6.61 Å². The quantitative estimate of drug-likeness (QED) is 0.759. The van der Waals surface area contributed by atoms with Crippen molar-refractivity contribution in [2.24, 2.45) is 0 Å². The van der Waals surface area contributed by atoms with Gasteiger partial charge in [-0.05, 0) is 30.7 Å². The second kappa shape index (κ2) is 6.51. The third-order valence-corrected chi connectivity index (χ3v) is 4.90. The molecule has 2 rings (SSSR count). The van der Waals surface area contributed by atoms with Crippen LogP contribution in [-0.4, -0.2) is 6.61 Å². The van der Waals surface area contributed by atoms with E-state index in [9.17, 15) is 4.57 Å². The highest BCUT2D eigenvalue weighted by molar-refractivity contribution is 7.70. The fraction of sp³-hybridized carbons (Fsp3) is 0.125. The number of rotatable bonds is 5. The minimum absolute atomic E-state index is 0.422. The van der Waals surface area contributed by atoms with E-state index < -0.39 is 7.37 Å². The van der Waals surface area contributed by atoms with Crippen molar-refractivity contribution in [1.29, 1.82) is 0 Å². The van der Waals surface area contributed by atoms with Crippen molar-refractivity contribution < 1.29 is 9.09 Å². The van der Waals surface area contributed by atoms with Crippen molar-refractivity contribution in [3.63, 3.8) is 0 Å². The van der Waals surface area contributed by atoms with E-state index in [2.05, 4.69) is 0 Å². The van der Waals surface area contributed by atoms with E-state index in [4.69, 9.17) is 4.52 Å². The third kappa shape index (κ3) is 3.66. The van der Waals surface area contributed by atoms with Crippen molar-refractivity contribution in [3.05, 3.63) is 72.0 Å². The second-order valence-corrected chi connectivity index (χ2v) is 6.34. The van der Waals surface area contributed by atoms with Gasteiger partial charge in [0.25, 0.3) is 7.37 Å². The predicted octanol–water partition coefficient (Wildman–Crippen LogP) is 4.30. The lowest BCUT2D eigenvalue weighted by Crippen LogP contribution is -2.04. The van der Waals surface area contributed by atoms with Gasteiger partial charge in [-0.25, -0.2) is 0 Å². The van der Waals surface area contributed by atoms with Crippen LogP contribution >= 0.6 is 7.37 Å². The van der Waals surface area contributed by atoms with Crippen LogP contribution in [0.25, 0.3) is 6.08 Å². The van der Waals surface area contributed by atoms with Gasteiger partial charge in [-0.1, -0.05) is 48.5 Å². The molecule has 0 aliphatic carbocycles. The van der Waals surface area contributed by atoms with Gasteiger partial charge >= 0.3 is 0 Å². The number of hydrogen-bond acceptors (Lipinski definition) is 2. The van der Waals surface area contributed by atoms with Crippen LogP contribution in [0.5, 0.6) is 0 Å². The van der Waals surface area contributed by atoms with Gasteiger partial charge in [-0.3, -0.25) is 4.57 Å². The molecule has 19 heavy (non-hydrogen) atoms. The standard InChI is InChI=1S/C16H17O2P/c1-2-18-19(17,16-11-7-4-8-12-16)14-13-15-9-5-3-6-10-15/h3-14H,2H2,1H3. The smallest absolute Gasteiger partial charge is 0.254 e. The molecule has 0 aliphatic rings. The van der Waals surface area contributed by atoms with Crippen LogP contribution in [0.3, 0.4) is 0 Å². The second-order valence-electron chi connectivity index (χ2n) is 4.08. The highest BCUT2D eigenvalue weighted by Crippen LogP contribution is 2.47. The van der Waals surface area contributed by atoms with Gasteiger partial charge in [0, 0.05) is 11.1 Å². The Balaban J connectivity index is 2.31. The molecule has 0 N–H and O–H groups in total. The molecule has 1 unspecified atom stereocenters. The average molecular weight is 272 g/mol. The molecule has 0 heterocycles. The first-order valence-electron chi connectivity index (χ1n) is 6.29. The van der Waals surface area contributed by atoms with E-state index in [1.807, 2.05) is 73.7 Å². The Bertz CT molecular complexity index is 576. The first kappa shape index (κ1) is 13.8. The average Bonchev–Trinajstić information content (AvgIpc) is 2.48. The zero-order chi connectivity index (χ0) is 13.6. The van der Waals surface area contributed by atoms with Crippen LogP contribution in [0.4, 0.5) is 0 Å². The number of hydrogen-bond donors (Lipinski definition) is 0. The molecule has 0 saturated heterocycles. The van der Waals surface area contributed by atoms with Gasteiger partial charge in [0.15, 0.2) is 0 Å². The summed E-state index contributed by atoms with van der Waals surface area (Å²) in [6, 6.07) is 19.1. The van der Waals surface area contributed by atoms with E-state index in [1.54, 1.807) is 5.82 Å². The molecule has 3 heteroatoms. The van der Waals surface area contributed by atoms with E-state index >= 15 is 0 Å². The summed E-state index contributed by atoms with van der Waals surface area (Å²) >= 11 is 0. The van der Waals surface area contributed by atoms with Gasteiger partial charge in [-0.15, -0.1) is 0 Å². The minimum Gasteiger partial charge on any atom is -0.323 e. The molecular formula is C16H17O2P. The molecule has 1 atom stereocenters. The minimum atomic E-state index is -2.92. The van der Waals surface area contributed by atoms with E-state index in [1.165, 1.54) is 0 Å². The summed E-state index contributed by atoms with van der Waals surface area (Å²) in [6.07, 6.45) is 1.85. The fourth-order valence-corrected chi connectivity index (χ4v) is 3.53. The summed E-state index contributed by atoms with van der Waals surface area (Å²) in [6.45, 7) is 2.28. The molecule has 0 aromatic heterocycles. The molecule has 98 valence electrons. The van der Waals surface area contributed by atoms with E-state index in [0.717, 1.165) is 10.9 Å². The van der Waals surface area contributed by atoms with Crippen LogP contribution in [0, 0.1) is 0 Å². The van der Waals surface area contributed by atoms with Crippen LogP contribution in [0.1, 0.15) is 12.5 Å². The van der Waals surface area contributed by atoms with Gasteiger partial charge in [0.05, 0.1) is 6.61 Å². The molecule has 2 aromatic rings. The predicted molar refractivity (Wildman–Crippen MR) is 80.8 cm³/mol. The van der Waals surface area contributed by atoms with Crippen molar-refractivity contribution in [1.82, 2.24) is 0 Å². The molecule has 0 fully saturated rings. The fourth-order valence-electron chi connectivity index (χ4n) is 1.78. The van der Waals surface area contributed by atoms with Crippen LogP contribution in [0.2, 0.25) is 0 Å². The SMILES string of the molecule is CCOP(=O)(C=Cc1ccccc1)c1ccccc1. The third-order valence-electron chi connectivity index (χ3n) is 2.70. The summed E-state index contributed by atoms with van der Waals surface area (Å²) in [7, 11) is -2.92. The lowest BCUT2D eigenvalue weighted by atomic mass is 10.2. The summed E-state index contributed by atoms with van der Waals surface area (Å²) in [5.74, 6) is 1.68. The van der Waals surface area contributed by atoms with Gasteiger partial charge < -0.3 is 4.52 Å². The highest BCUT2D eigenvalue weighted by Gasteiger charge is 2.21.